The minimum Gasteiger partial charge on any atom is -0.444 e. The summed E-state index contributed by atoms with van der Waals surface area (Å²) in [6.07, 6.45) is 4.16. The number of amides is 1. The van der Waals surface area contributed by atoms with Gasteiger partial charge in [-0.3, -0.25) is 9.88 Å². The molecule has 4 aromatic rings. The first-order valence-electron chi connectivity index (χ1n) is 11.9. The van der Waals surface area contributed by atoms with Crippen LogP contribution in [0.5, 0.6) is 0 Å². The number of carbonyl (C=O) groups excluding carboxylic acids is 1. The fraction of sp³-hybridized carbons (Fsp3) is 0.250. The lowest BCUT2D eigenvalue weighted by Gasteiger charge is -2.19. The third kappa shape index (κ3) is 4.94. The molecule has 1 amide bonds. The second-order valence-electron chi connectivity index (χ2n) is 9.64. The number of pyridine rings is 1. The topological polar surface area (TPSA) is 104 Å². The zero-order valence-electron chi connectivity index (χ0n) is 20.6. The van der Waals surface area contributed by atoms with Crippen molar-refractivity contribution in [2.24, 2.45) is 0 Å². The Morgan fingerprint density at radius 2 is 1.94 bits per heavy atom. The van der Waals surface area contributed by atoms with Crippen LogP contribution in [0.15, 0.2) is 66.9 Å². The Morgan fingerprint density at radius 3 is 2.64 bits per heavy atom. The van der Waals surface area contributed by atoms with Crippen LogP contribution in [0.4, 0.5) is 16.3 Å². The van der Waals surface area contributed by atoms with Gasteiger partial charge in [0, 0.05) is 17.6 Å². The summed E-state index contributed by atoms with van der Waals surface area (Å²) in [5, 5.41) is 2.78. The Bertz CT molecular complexity index is 1450. The second kappa shape index (κ2) is 9.47. The molecule has 0 atom stereocenters. The molecule has 0 saturated carbocycles. The van der Waals surface area contributed by atoms with Crippen molar-refractivity contribution >= 4 is 34.2 Å². The van der Waals surface area contributed by atoms with E-state index in [2.05, 4.69) is 33.1 Å². The van der Waals surface area contributed by atoms with Crippen LogP contribution < -0.4 is 11.1 Å². The predicted octanol–water partition coefficient (Wildman–Crippen LogP) is 5.82. The van der Waals surface area contributed by atoms with Crippen molar-refractivity contribution in [3.05, 3.63) is 72.4 Å². The number of nitrogen functional groups attached to an aromatic ring is 1. The van der Waals surface area contributed by atoms with E-state index in [-0.39, 0.29) is 0 Å². The fourth-order valence-electron chi connectivity index (χ4n) is 4.23. The molecular formula is C28H29N5O3. The molecule has 2 aromatic heterocycles. The standard InChI is InChI=1S/C28H29N5O3/c1-28(2,3)36-27(34)31-20-7-9-21(10-8-20)33-24-17-19(18-12-15-35-16-13-18)6-11-23(24)32-26(33)22-5-4-14-30-25(22)29/h4-12,14,17H,13,15-16H2,1-3H3,(H2,29,30)(H,31,34). The maximum atomic E-state index is 12.2. The molecule has 0 radical (unpaired) electrons. The van der Waals surface area contributed by atoms with Gasteiger partial charge in [-0.25, -0.2) is 14.8 Å². The molecule has 1 aliphatic heterocycles. The minimum absolute atomic E-state index is 0.407. The van der Waals surface area contributed by atoms with Crippen molar-refractivity contribution < 1.29 is 14.3 Å². The van der Waals surface area contributed by atoms with E-state index in [9.17, 15) is 4.79 Å². The highest BCUT2D eigenvalue weighted by atomic mass is 16.6. The monoisotopic (exact) mass is 483 g/mol. The summed E-state index contributed by atoms with van der Waals surface area (Å²) >= 11 is 0. The molecule has 1 aliphatic rings. The molecule has 184 valence electrons. The van der Waals surface area contributed by atoms with Gasteiger partial charge in [0.05, 0.1) is 29.8 Å². The number of imidazole rings is 1. The lowest BCUT2D eigenvalue weighted by Crippen LogP contribution is -2.27. The van der Waals surface area contributed by atoms with Gasteiger partial charge >= 0.3 is 6.09 Å². The average molecular weight is 484 g/mol. The highest BCUT2D eigenvalue weighted by Gasteiger charge is 2.19. The van der Waals surface area contributed by atoms with Crippen molar-refractivity contribution in [1.29, 1.82) is 0 Å². The van der Waals surface area contributed by atoms with Gasteiger partial charge in [0.2, 0.25) is 0 Å². The normalized spacial score (nSPS) is 13.9. The Morgan fingerprint density at radius 1 is 1.14 bits per heavy atom. The number of hydrogen-bond donors (Lipinski definition) is 2. The van der Waals surface area contributed by atoms with Gasteiger partial charge in [-0.15, -0.1) is 0 Å². The summed E-state index contributed by atoms with van der Waals surface area (Å²) in [4.78, 5) is 21.4. The molecule has 2 aromatic carbocycles. The van der Waals surface area contributed by atoms with Gasteiger partial charge in [0.1, 0.15) is 17.2 Å². The first-order valence-corrected chi connectivity index (χ1v) is 11.9. The molecule has 3 heterocycles. The number of benzene rings is 2. The molecule has 0 unspecified atom stereocenters. The van der Waals surface area contributed by atoms with Crippen LogP contribution in [0.1, 0.15) is 32.8 Å². The van der Waals surface area contributed by atoms with E-state index in [4.69, 9.17) is 20.2 Å². The van der Waals surface area contributed by atoms with Crippen molar-refractivity contribution in [3.8, 4) is 17.1 Å². The van der Waals surface area contributed by atoms with Gasteiger partial charge in [0.25, 0.3) is 0 Å². The predicted molar refractivity (Wildman–Crippen MR) is 142 cm³/mol. The highest BCUT2D eigenvalue weighted by Crippen LogP contribution is 2.33. The zero-order valence-corrected chi connectivity index (χ0v) is 20.6. The van der Waals surface area contributed by atoms with Gasteiger partial charge in [0.15, 0.2) is 0 Å². The number of nitrogens with one attached hydrogen (secondary N) is 1. The zero-order chi connectivity index (χ0) is 25.3. The molecule has 0 spiro atoms. The molecule has 36 heavy (non-hydrogen) atoms. The van der Waals surface area contributed by atoms with Crippen LogP contribution in [-0.4, -0.2) is 39.4 Å². The summed E-state index contributed by atoms with van der Waals surface area (Å²) in [6.45, 7) is 6.82. The molecule has 3 N–H and O–H groups in total. The Balaban J connectivity index is 1.59. The van der Waals surface area contributed by atoms with E-state index >= 15 is 0 Å². The number of fused-ring (bicyclic) bond motifs is 1. The molecule has 8 nitrogen and oxygen atoms in total. The number of nitrogens with two attached hydrogens (primary N) is 1. The maximum absolute atomic E-state index is 12.2. The molecule has 0 aliphatic carbocycles. The van der Waals surface area contributed by atoms with Crippen LogP contribution in [0.25, 0.3) is 33.7 Å². The molecule has 0 fully saturated rings. The summed E-state index contributed by atoms with van der Waals surface area (Å²) < 4.78 is 12.9. The Labute approximate surface area is 209 Å². The van der Waals surface area contributed by atoms with E-state index in [1.54, 1.807) is 6.20 Å². The molecular weight excluding hydrogens is 454 g/mol. The molecule has 0 saturated heterocycles. The quantitative estimate of drug-likeness (QED) is 0.379. The summed E-state index contributed by atoms with van der Waals surface area (Å²) in [5.41, 5.74) is 12.1. The third-order valence-corrected chi connectivity index (χ3v) is 5.84. The first-order chi connectivity index (χ1) is 17.3. The number of carbonyl (C=O) groups is 1. The minimum atomic E-state index is -0.574. The lowest BCUT2D eigenvalue weighted by molar-refractivity contribution is 0.0636. The molecule has 8 heteroatoms. The van der Waals surface area contributed by atoms with Crippen LogP contribution >= 0.6 is 0 Å². The van der Waals surface area contributed by atoms with Gasteiger partial charge in [-0.2, -0.15) is 0 Å². The van der Waals surface area contributed by atoms with Gasteiger partial charge in [-0.1, -0.05) is 12.1 Å². The number of ether oxygens (including phenoxy) is 2. The van der Waals surface area contributed by atoms with Crippen LogP contribution in [0.3, 0.4) is 0 Å². The largest absolute Gasteiger partial charge is 0.444 e. The smallest absolute Gasteiger partial charge is 0.412 e. The number of nitrogens with zero attached hydrogens (tertiary/aromatic N) is 3. The fourth-order valence-corrected chi connectivity index (χ4v) is 4.23. The highest BCUT2D eigenvalue weighted by molar-refractivity contribution is 5.89. The summed E-state index contributed by atoms with van der Waals surface area (Å²) in [6, 6.07) is 17.6. The van der Waals surface area contributed by atoms with Gasteiger partial charge in [-0.05, 0) is 86.9 Å². The second-order valence-corrected chi connectivity index (χ2v) is 9.64. The number of anilines is 2. The SMILES string of the molecule is CC(C)(C)OC(=O)Nc1ccc(-n2c(-c3cccnc3N)nc3ccc(C4=CCOCC4)cc32)cc1. The first kappa shape index (κ1) is 23.6. The van der Waals surface area contributed by atoms with E-state index in [0.717, 1.165) is 34.3 Å². The maximum Gasteiger partial charge on any atom is 0.412 e. The number of rotatable bonds is 4. The summed E-state index contributed by atoms with van der Waals surface area (Å²) in [7, 11) is 0. The van der Waals surface area contributed by atoms with E-state index < -0.39 is 11.7 Å². The third-order valence-electron chi connectivity index (χ3n) is 5.84. The van der Waals surface area contributed by atoms with Crippen LogP contribution in [0.2, 0.25) is 0 Å². The summed E-state index contributed by atoms with van der Waals surface area (Å²) in [5.74, 6) is 1.10. The van der Waals surface area contributed by atoms with Gasteiger partial charge < -0.3 is 15.2 Å². The van der Waals surface area contributed by atoms with E-state index in [1.807, 2.05) is 63.2 Å². The van der Waals surface area contributed by atoms with Crippen LogP contribution in [0, 0.1) is 0 Å². The van der Waals surface area contributed by atoms with Crippen molar-refractivity contribution in [3.63, 3.8) is 0 Å². The average Bonchev–Trinajstić information content (AvgIpc) is 3.22. The van der Waals surface area contributed by atoms with Crippen molar-refractivity contribution in [2.75, 3.05) is 24.3 Å². The number of aromatic nitrogens is 3. The Kier molecular flexibility index (Phi) is 6.20. The number of hydrogen-bond acceptors (Lipinski definition) is 6. The van der Waals surface area contributed by atoms with Crippen molar-refractivity contribution in [2.45, 2.75) is 32.8 Å². The molecule has 0 bridgehead atoms. The molecule has 5 rings (SSSR count). The van der Waals surface area contributed by atoms with Crippen LogP contribution in [-0.2, 0) is 9.47 Å². The van der Waals surface area contributed by atoms with Crippen molar-refractivity contribution in [1.82, 2.24) is 14.5 Å². The van der Waals surface area contributed by atoms with E-state index in [0.29, 0.717) is 30.5 Å². The lowest BCUT2D eigenvalue weighted by atomic mass is 10.0. The Hall–Kier alpha value is -4.17. The van der Waals surface area contributed by atoms with E-state index in [1.165, 1.54) is 5.57 Å².